The van der Waals surface area contributed by atoms with E-state index in [-0.39, 0.29) is 11.9 Å². The van der Waals surface area contributed by atoms with E-state index in [1.54, 1.807) is 13.2 Å². The van der Waals surface area contributed by atoms with E-state index in [9.17, 15) is 4.79 Å². The first kappa shape index (κ1) is 18.0. The Labute approximate surface area is 143 Å². The van der Waals surface area contributed by atoms with Gasteiger partial charge in [-0.1, -0.05) is 11.6 Å². The average Bonchev–Trinajstić information content (AvgIpc) is 2.57. The third-order valence-corrected chi connectivity index (χ3v) is 4.93. The van der Waals surface area contributed by atoms with Crippen LogP contribution in [0.4, 0.5) is 5.69 Å². The normalized spacial score (nSPS) is 20.1. The van der Waals surface area contributed by atoms with E-state index >= 15 is 0 Å². The van der Waals surface area contributed by atoms with E-state index in [2.05, 4.69) is 15.5 Å². The lowest BCUT2D eigenvalue weighted by atomic mass is 10.0. The number of hydrogen-bond donors (Lipinski definition) is 2. The Bertz CT molecular complexity index is 565. The van der Waals surface area contributed by atoms with Crippen molar-refractivity contribution in [2.45, 2.75) is 38.8 Å². The SMILES string of the molecule is CNC1CCCN(C(C)C(=O)Nc2cc(C)c(Cl)cc2OC)C1. The highest BCUT2D eigenvalue weighted by molar-refractivity contribution is 6.31. The Kier molecular flexibility index (Phi) is 6.27. The van der Waals surface area contributed by atoms with E-state index in [4.69, 9.17) is 16.3 Å². The summed E-state index contributed by atoms with van der Waals surface area (Å²) in [6, 6.07) is 3.84. The molecular formula is C17H26ClN3O2. The van der Waals surface area contributed by atoms with Crippen molar-refractivity contribution < 1.29 is 9.53 Å². The number of nitrogens with one attached hydrogen (secondary N) is 2. The first-order valence-electron chi connectivity index (χ1n) is 8.02. The first-order valence-corrected chi connectivity index (χ1v) is 8.40. The molecule has 1 heterocycles. The van der Waals surface area contributed by atoms with Crippen molar-refractivity contribution in [3.63, 3.8) is 0 Å². The van der Waals surface area contributed by atoms with E-state index in [0.29, 0.717) is 22.5 Å². The molecule has 5 nitrogen and oxygen atoms in total. The molecule has 6 heteroatoms. The minimum atomic E-state index is -0.188. The Hall–Kier alpha value is -1.30. The number of hydrogen-bond acceptors (Lipinski definition) is 4. The largest absolute Gasteiger partial charge is 0.495 e. The average molecular weight is 340 g/mol. The van der Waals surface area contributed by atoms with E-state index in [0.717, 1.165) is 31.5 Å². The number of methoxy groups -OCH3 is 1. The zero-order valence-corrected chi connectivity index (χ0v) is 15.0. The number of likely N-dealkylation sites (tertiary alicyclic amines) is 1. The molecule has 0 bridgehead atoms. The van der Waals surface area contributed by atoms with E-state index in [1.165, 1.54) is 0 Å². The van der Waals surface area contributed by atoms with E-state index < -0.39 is 0 Å². The summed E-state index contributed by atoms with van der Waals surface area (Å²) >= 11 is 6.11. The number of amides is 1. The van der Waals surface area contributed by atoms with Crippen molar-refractivity contribution in [2.24, 2.45) is 0 Å². The molecule has 23 heavy (non-hydrogen) atoms. The number of carbonyl (C=O) groups excluding carboxylic acids is 1. The molecule has 0 spiro atoms. The lowest BCUT2D eigenvalue weighted by Crippen LogP contribution is -2.51. The Balaban J connectivity index is 2.08. The van der Waals surface area contributed by atoms with Crippen LogP contribution in [0.15, 0.2) is 12.1 Å². The topological polar surface area (TPSA) is 53.6 Å². The summed E-state index contributed by atoms with van der Waals surface area (Å²) in [7, 11) is 3.54. The van der Waals surface area contributed by atoms with Gasteiger partial charge in [-0.15, -0.1) is 0 Å². The number of benzene rings is 1. The number of aryl methyl sites for hydroxylation is 1. The highest BCUT2D eigenvalue weighted by Gasteiger charge is 2.27. The number of anilines is 1. The predicted molar refractivity (Wildman–Crippen MR) is 94.5 cm³/mol. The van der Waals surface area contributed by atoms with Crippen LogP contribution < -0.4 is 15.4 Å². The smallest absolute Gasteiger partial charge is 0.241 e. The zero-order chi connectivity index (χ0) is 17.0. The van der Waals surface area contributed by atoms with Crippen molar-refractivity contribution in [3.8, 4) is 5.75 Å². The minimum Gasteiger partial charge on any atom is -0.495 e. The number of nitrogens with zero attached hydrogens (tertiary/aromatic N) is 1. The van der Waals surface area contributed by atoms with Crippen LogP contribution >= 0.6 is 11.6 Å². The second-order valence-electron chi connectivity index (χ2n) is 6.09. The van der Waals surface area contributed by atoms with Crippen LogP contribution in [0.25, 0.3) is 0 Å². The molecule has 2 atom stereocenters. The monoisotopic (exact) mass is 339 g/mol. The summed E-state index contributed by atoms with van der Waals surface area (Å²) in [6.07, 6.45) is 2.26. The molecule has 0 saturated carbocycles. The number of piperidine rings is 1. The maximum Gasteiger partial charge on any atom is 0.241 e. The summed E-state index contributed by atoms with van der Waals surface area (Å²) in [6.45, 7) is 5.69. The quantitative estimate of drug-likeness (QED) is 0.866. The molecule has 1 amide bonds. The van der Waals surface area contributed by atoms with Crippen molar-refractivity contribution in [3.05, 3.63) is 22.7 Å². The van der Waals surface area contributed by atoms with Gasteiger partial charge in [0, 0.05) is 23.7 Å². The predicted octanol–water partition coefficient (Wildman–Crippen LogP) is 2.67. The zero-order valence-electron chi connectivity index (χ0n) is 14.3. The molecule has 1 fully saturated rings. The molecule has 0 radical (unpaired) electrons. The second-order valence-corrected chi connectivity index (χ2v) is 6.50. The van der Waals surface area contributed by atoms with Gasteiger partial charge >= 0.3 is 0 Å². The summed E-state index contributed by atoms with van der Waals surface area (Å²) in [4.78, 5) is 14.8. The molecule has 1 aromatic carbocycles. The highest BCUT2D eigenvalue weighted by Crippen LogP contribution is 2.31. The van der Waals surface area contributed by atoms with Crippen LogP contribution in [0, 0.1) is 6.92 Å². The van der Waals surface area contributed by atoms with Crippen LogP contribution in [0.5, 0.6) is 5.75 Å². The summed E-state index contributed by atoms with van der Waals surface area (Å²) in [5.41, 5.74) is 1.57. The van der Waals surface area contributed by atoms with Crippen molar-refractivity contribution >= 4 is 23.2 Å². The van der Waals surface area contributed by atoms with Crippen molar-refractivity contribution in [2.75, 3.05) is 32.6 Å². The number of halogens is 1. The van der Waals surface area contributed by atoms with Crippen molar-refractivity contribution in [1.82, 2.24) is 10.2 Å². The van der Waals surface area contributed by atoms with Crippen LogP contribution in [0.3, 0.4) is 0 Å². The van der Waals surface area contributed by atoms with Gasteiger partial charge in [0.25, 0.3) is 0 Å². The fourth-order valence-electron chi connectivity index (χ4n) is 2.93. The molecular weight excluding hydrogens is 314 g/mol. The number of likely N-dealkylation sites (N-methyl/N-ethyl adjacent to an activating group) is 1. The van der Waals surface area contributed by atoms with Gasteiger partial charge in [0.2, 0.25) is 5.91 Å². The van der Waals surface area contributed by atoms with Gasteiger partial charge < -0.3 is 15.4 Å². The first-order chi connectivity index (χ1) is 11.0. The molecule has 1 saturated heterocycles. The molecule has 1 aliphatic heterocycles. The standard InChI is InChI=1S/C17H26ClN3O2/c1-11-8-15(16(23-4)9-14(11)18)20-17(22)12(2)21-7-5-6-13(10-21)19-3/h8-9,12-13,19H,5-7,10H2,1-4H3,(H,20,22). The van der Waals surface area contributed by atoms with Gasteiger partial charge in [0.15, 0.2) is 0 Å². The van der Waals surface area contributed by atoms with Gasteiger partial charge in [-0.2, -0.15) is 0 Å². The van der Waals surface area contributed by atoms with Crippen LogP contribution in [0.1, 0.15) is 25.3 Å². The maximum absolute atomic E-state index is 12.6. The maximum atomic E-state index is 12.6. The molecule has 2 N–H and O–H groups in total. The Morgan fingerprint density at radius 3 is 2.87 bits per heavy atom. The lowest BCUT2D eigenvalue weighted by molar-refractivity contribution is -0.121. The third-order valence-electron chi connectivity index (χ3n) is 4.53. The second kappa shape index (κ2) is 7.99. The summed E-state index contributed by atoms with van der Waals surface area (Å²) in [5, 5.41) is 6.90. The molecule has 1 aliphatic rings. The molecule has 2 rings (SSSR count). The van der Waals surface area contributed by atoms with E-state index in [1.807, 2.05) is 27.0 Å². The molecule has 0 aromatic heterocycles. The fraction of sp³-hybridized carbons (Fsp3) is 0.588. The molecule has 1 aromatic rings. The van der Waals surface area contributed by atoms with Gasteiger partial charge in [-0.25, -0.2) is 0 Å². The number of carbonyl (C=O) groups is 1. The molecule has 0 aliphatic carbocycles. The fourth-order valence-corrected chi connectivity index (χ4v) is 3.08. The van der Waals surface area contributed by atoms with Crippen LogP contribution in [-0.2, 0) is 4.79 Å². The molecule has 128 valence electrons. The van der Waals surface area contributed by atoms with Crippen LogP contribution in [0.2, 0.25) is 5.02 Å². The minimum absolute atomic E-state index is 0.0261. The highest BCUT2D eigenvalue weighted by atomic mass is 35.5. The van der Waals surface area contributed by atoms with Crippen molar-refractivity contribution in [1.29, 1.82) is 0 Å². The molecule has 2 unspecified atom stereocenters. The number of rotatable bonds is 5. The number of ether oxygens (including phenoxy) is 1. The summed E-state index contributed by atoms with van der Waals surface area (Å²) in [5.74, 6) is 0.551. The van der Waals surface area contributed by atoms with Gasteiger partial charge in [-0.05, 0) is 51.9 Å². The Morgan fingerprint density at radius 1 is 1.48 bits per heavy atom. The van der Waals surface area contributed by atoms with Gasteiger partial charge in [-0.3, -0.25) is 9.69 Å². The lowest BCUT2D eigenvalue weighted by Gasteiger charge is -2.36. The van der Waals surface area contributed by atoms with Gasteiger partial charge in [0.1, 0.15) is 5.75 Å². The van der Waals surface area contributed by atoms with Crippen LogP contribution in [-0.4, -0.2) is 50.1 Å². The van der Waals surface area contributed by atoms with Gasteiger partial charge in [0.05, 0.1) is 18.8 Å². The Morgan fingerprint density at radius 2 is 2.22 bits per heavy atom. The third kappa shape index (κ3) is 4.37. The summed E-state index contributed by atoms with van der Waals surface area (Å²) < 4.78 is 5.32.